The topological polar surface area (TPSA) is 61.8 Å². The van der Waals surface area contributed by atoms with Crippen molar-refractivity contribution >= 4 is 11.9 Å². The van der Waals surface area contributed by atoms with E-state index >= 15 is 0 Å². The molecule has 2 rings (SSSR count). The molecule has 0 aliphatic heterocycles. The molecule has 0 amide bonds. The van der Waals surface area contributed by atoms with E-state index in [1.165, 1.54) is 38.4 Å². The molecule has 2 atom stereocenters. The van der Waals surface area contributed by atoms with Crippen molar-refractivity contribution in [3.63, 3.8) is 0 Å². The monoisotopic (exact) mass is 388 g/mol. The minimum atomic E-state index is -0.432. The fourth-order valence-electron chi connectivity index (χ4n) is 3.33. The first-order valence-corrected chi connectivity index (χ1v) is 10.2. The lowest BCUT2D eigenvalue weighted by Gasteiger charge is -2.20. The number of benzene rings is 1. The van der Waals surface area contributed by atoms with E-state index in [4.69, 9.17) is 9.47 Å². The highest BCUT2D eigenvalue weighted by Crippen LogP contribution is 2.18. The van der Waals surface area contributed by atoms with Crippen molar-refractivity contribution in [3.05, 3.63) is 47.0 Å². The zero-order chi connectivity index (χ0) is 20.4. The van der Waals surface area contributed by atoms with Crippen LogP contribution in [-0.4, -0.2) is 37.9 Å². The smallest absolute Gasteiger partial charge is 0.338 e. The summed E-state index contributed by atoms with van der Waals surface area (Å²) in [5.41, 5.74) is 2.20. The fourth-order valence-corrected chi connectivity index (χ4v) is 3.33. The van der Waals surface area contributed by atoms with Crippen LogP contribution in [0.1, 0.15) is 79.5 Å². The van der Waals surface area contributed by atoms with Gasteiger partial charge >= 0.3 is 11.9 Å². The van der Waals surface area contributed by atoms with Crippen molar-refractivity contribution in [2.24, 2.45) is 0 Å². The Kier molecular flexibility index (Phi) is 9.21. The molecule has 28 heavy (non-hydrogen) atoms. The molecule has 1 aliphatic rings. The molecular formula is C23H32O5. The molecule has 0 aromatic heterocycles. The van der Waals surface area contributed by atoms with Crippen molar-refractivity contribution in [1.29, 1.82) is 0 Å². The van der Waals surface area contributed by atoms with Gasteiger partial charge in [-0.1, -0.05) is 18.9 Å². The average molecular weight is 389 g/mol. The number of hydrogen-bond acceptors (Lipinski definition) is 5. The van der Waals surface area contributed by atoms with Gasteiger partial charge in [-0.25, -0.2) is 9.59 Å². The SMILES string of the molecule is COC(=O)c1ccc(C(=O)O[C@H](C)C[C@@H](C)OC/C2=C/CCCCCC2)cc1. The number of carbonyl (C=O) groups excluding carboxylic acids is 2. The number of esters is 2. The molecule has 0 saturated carbocycles. The molecule has 0 bridgehead atoms. The van der Waals surface area contributed by atoms with Crippen LogP contribution in [0.3, 0.4) is 0 Å². The summed E-state index contributed by atoms with van der Waals surface area (Å²) < 4.78 is 16.1. The highest BCUT2D eigenvalue weighted by atomic mass is 16.5. The fraction of sp³-hybridized carbons (Fsp3) is 0.565. The second-order valence-electron chi connectivity index (χ2n) is 7.46. The largest absolute Gasteiger partial charge is 0.465 e. The lowest BCUT2D eigenvalue weighted by Crippen LogP contribution is -2.22. The maximum absolute atomic E-state index is 12.3. The van der Waals surface area contributed by atoms with E-state index in [0.717, 1.165) is 12.8 Å². The summed E-state index contributed by atoms with van der Waals surface area (Å²) in [6.07, 6.45) is 10.1. The van der Waals surface area contributed by atoms with Gasteiger partial charge < -0.3 is 14.2 Å². The van der Waals surface area contributed by atoms with E-state index in [1.54, 1.807) is 24.3 Å². The number of carbonyl (C=O) groups is 2. The third-order valence-electron chi connectivity index (χ3n) is 4.95. The predicted octanol–water partition coefficient (Wildman–Crippen LogP) is 5.09. The highest BCUT2D eigenvalue weighted by molar-refractivity contribution is 5.93. The van der Waals surface area contributed by atoms with Crippen LogP contribution in [0.5, 0.6) is 0 Å². The Balaban J connectivity index is 1.76. The van der Waals surface area contributed by atoms with Crippen molar-refractivity contribution in [2.45, 2.75) is 71.0 Å². The zero-order valence-electron chi connectivity index (χ0n) is 17.2. The zero-order valence-corrected chi connectivity index (χ0v) is 17.2. The first-order valence-electron chi connectivity index (χ1n) is 10.2. The van der Waals surface area contributed by atoms with Gasteiger partial charge in [0.25, 0.3) is 0 Å². The van der Waals surface area contributed by atoms with E-state index in [-0.39, 0.29) is 12.2 Å². The first kappa shape index (κ1) is 22.2. The molecule has 0 unspecified atom stereocenters. The minimum Gasteiger partial charge on any atom is -0.465 e. The molecule has 0 saturated heterocycles. The van der Waals surface area contributed by atoms with Crippen LogP contribution >= 0.6 is 0 Å². The number of allylic oxidation sites excluding steroid dienone is 1. The molecule has 5 nitrogen and oxygen atoms in total. The van der Waals surface area contributed by atoms with Gasteiger partial charge in [0.1, 0.15) is 6.10 Å². The second kappa shape index (κ2) is 11.6. The van der Waals surface area contributed by atoms with Crippen LogP contribution in [0, 0.1) is 0 Å². The third kappa shape index (κ3) is 7.47. The summed E-state index contributed by atoms with van der Waals surface area (Å²) in [7, 11) is 1.32. The summed E-state index contributed by atoms with van der Waals surface area (Å²) >= 11 is 0. The van der Waals surface area contributed by atoms with Crippen LogP contribution in [0.25, 0.3) is 0 Å². The van der Waals surface area contributed by atoms with Gasteiger partial charge in [-0.2, -0.15) is 0 Å². The Bertz CT molecular complexity index is 662. The lowest BCUT2D eigenvalue weighted by atomic mass is 10.0. The molecule has 0 heterocycles. The van der Waals surface area contributed by atoms with Crippen LogP contribution in [0.4, 0.5) is 0 Å². The quantitative estimate of drug-likeness (QED) is 0.458. The molecule has 1 aromatic rings. The summed E-state index contributed by atoms with van der Waals surface area (Å²) in [5.74, 6) is -0.836. The van der Waals surface area contributed by atoms with E-state index in [2.05, 4.69) is 10.8 Å². The van der Waals surface area contributed by atoms with Gasteiger partial charge in [-0.3, -0.25) is 0 Å². The standard InChI is InChI=1S/C23H32O5/c1-17(27-16-19-9-7-5-4-6-8-10-19)15-18(2)28-23(25)21-13-11-20(12-14-21)22(24)26-3/h9,11-14,17-18H,4-8,10,15-16H2,1-3H3/b19-9+/t17-,18-/m1/s1. The third-order valence-corrected chi connectivity index (χ3v) is 4.95. The Morgan fingerprint density at radius 2 is 1.57 bits per heavy atom. The molecular weight excluding hydrogens is 356 g/mol. The van der Waals surface area contributed by atoms with Crippen molar-refractivity contribution in [1.82, 2.24) is 0 Å². The molecule has 1 aliphatic carbocycles. The van der Waals surface area contributed by atoms with Crippen LogP contribution in [0.15, 0.2) is 35.9 Å². The van der Waals surface area contributed by atoms with E-state index in [1.807, 2.05) is 13.8 Å². The minimum absolute atomic E-state index is 0.0100. The van der Waals surface area contributed by atoms with E-state index in [9.17, 15) is 9.59 Å². The van der Waals surface area contributed by atoms with Gasteiger partial charge in [-0.05, 0) is 69.4 Å². The second-order valence-corrected chi connectivity index (χ2v) is 7.46. The van der Waals surface area contributed by atoms with Crippen molar-refractivity contribution in [3.8, 4) is 0 Å². The van der Waals surface area contributed by atoms with Gasteiger partial charge in [0.2, 0.25) is 0 Å². The predicted molar refractivity (Wildman–Crippen MR) is 108 cm³/mol. The molecule has 1 aromatic carbocycles. The maximum atomic E-state index is 12.3. The molecule has 0 fully saturated rings. The van der Waals surface area contributed by atoms with E-state index in [0.29, 0.717) is 24.2 Å². The summed E-state index contributed by atoms with van der Waals surface area (Å²) in [4.78, 5) is 23.7. The van der Waals surface area contributed by atoms with Crippen molar-refractivity contribution in [2.75, 3.05) is 13.7 Å². The summed E-state index contributed by atoms with van der Waals surface area (Å²) in [6, 6.07) is 6.26. The van der Waals surface area contributed by atoms with Gasteiger partial charge in [0.05, 0.1) is 30.9 Å². The van der Waals surface area contributed by atoms with Crippen molar-refractivity contribution < 1.29 is 23.8 Å². The van der Waals surface area contributed by atoms with Gasteiger partial charge in [0.15, 0.2) is 0 Å². The Morgan fingerprint density at radius 3 is 2.25 bits per heavy atom. The number of ether oxygens (including phenoxy) is 3. The molecule has 154 valence electrons. The molecule has 0 N–H and O–H groups in total. The van der Waals surface area contributed by atoms with Gasteiger partial charge in [0, 0.05) is 6.42 Å². The van der Waals surface area contributed by atoms with Crippen LogP contribution in [-0.2, 0) is 14.2 Å². The highest BCUT2D eigenvalue weighted by Gasteiger charge is 2.16. The molecule has 0 radical (unpaired) electrons. The Morgan fingerprint density at radius 1 is 0.929 bits per heavy atom. The Hall–Kier alpha value is -2.14. The Labute approximate surface area is 168 Å². The van der Waals surface area contributed by atoms with Crippen LogP contribution < -0.4 is 0 Å². The van der Waals surface area contributed by atoms with Gasteiger partial charge in [-0.15, -0.1) is 0 Å². The summed E-state index contributed by atoms with van der Waals surface area (Å²) in [6.45, 7) is 4.55. The number of hydrogen-bond donors (Lipinski definition) is 0. The first-order chi connectivity index (χ1) is 13.5. The molecule has 0 spiro atoms. The van der Waals surface area contributed by atoms with E-state index < -0.39 is 11.9 Å². The normalized spacial score (nSPS) is 18.8. The van der Waals surface area contributed by atoms with Crippen LogP contribution in [0.2, 0.25) is 0 Å². The number of rotatable bonds is 8. The molecule has 5 heteroatoms. The summed E-state index contributed by atoms with van der Waals surface area (Å²) in [5, 5.41) is 0. The lowest BCUT2D eigenvalue weighted by molar-refractivity contribution is 0.00794. The maximum Gasteiger partial charge on any atom is 0.338 e. The average Bonchev–Trinajstić information content (AvgIpc) is 2.66. The number of methoxy groups -OCH3 is 1.